The van der Waals surface area contributed by atoms with Gasteiger partial charge in [0, 0.05) is 0 Å². The van der Waals surface area contributed by atoms with Crippen molar-refractivity contribution in [3.63, 3.8) is 0 Å². The van der Waals surface area contributed by atoms with Crippen molar-refractivity contribution in [3.05, 3.63) is 121 Å². The molecule has 0 aliphatic heterocycles. The van der Waals surface area contributed by atoms with Crippen molar-refractivity contribution in [2.75, 3.05) is 6.16 Å². The monoisotopic (exact) mass is 524 g/mol. The molecule has 31 heavy (non-hydrogen) atoms. The second-order valence-electron chi connectivity index (χ2n) is 6.77. The third-order valence-electron chi connectivity index (χ3n) is 4.81. The molecular formula is C26H22Cl2NiP2. The molecule has 0 spiro atoms. The van der Waals surface area contributed by atoms with Crippen LogP contribution < -0.4 is 21.2 Å². The Hall–Kier alpha value is -1.32. The van der Waals surface area contributed by atoms with E-state index in [0.717, 1.165) is 6.16 Å². The van der Waals surface area contributed by atoms with Crippen LogP contribution in [0.25, 0.3) is 0 Å². The Balaban J connectivity index is 1.82. The molecule has 0 amide bonds. The first-order valence-corrected chi connectivity index (χ1v) is 15.9. The van der Waals surface area contributed by atoms with Crippen LogP contribution in [0, 0.1) is 0 Å². The van der Waals surface area contributed by atoms with Crippen molar-refractivity contribution in [3.8, 4) is 0 Å². The Labute approximate surface area is 199 Å². The summed E-state index contributed by atoms with van der Waals surface area (Å²) < 4.78 is 1.24. The summed E-state index contributed by atoms with van der Waals surface area (Å²) in [6, 6.07) is 42.9. The standard InChI is InChI=1S/C26H22P2.2ClH.Ni/c1-5-13-23(14-6-1)27(24-15-7-2-8-16-24)21-22-28(25-17-9-3-10-18-25)26-19-11-4-12-20-26;;;/h1-20H,21H2;2*1H;/q;;;+2/p-2. The Morgan fingerprint density at radius 2 is 0.839 bits per heavy atom. The Kier molecular flexibility index (Phi) is 8.50. The molecule has 0 nitrogen and oxygen atoms in total. The molecular weight excluding hydrogens is 504 g/mol. The molecule has 0 unspecified atom stereocenters. The van der Waals surface area contributed by atoms with E-state index in [-0.39, 0.29) is 0 Å². The second kappa shape index (κ2) is 11.5. The Bertz CT molecular complexity index is 1040. The number of benzene rings is 4. The van der Waals surface area contributed by atoms with Gasteiger partial charge in [0.15, 0.2) is 0 Å². The summed E-state index contributed by atoms with van der Waals surface area (Å²) in [4.78, 5) is 0. The SMILES string of the molecule is [Cl][Ni]([Cl])=[C](CP(c1ccccc1)c1ccccc1)P(c1ccccc1)c1ccccc1. The Morgan fingerprint density at radius 1 is 0.516 bits per heavy atom. The molecule has 0 aliphatic carbocycles. The fraction of sp³-hybridized carbons (Fsp3) is 0.0385. The van der Waals surface area contributed by atoms with E-state index in [9.17, 15) is 0 Å². The normalized spacial score (nSPS) is 11.5. The van der Waals surface area contributed by atoms with E-state index in [2.05, 4.69) is 121 Å². The molecule has 0 bridgehead atoms. The summed E-state index contributed by atoms with van der Waals surface area (Å²) in [7, 11) is 12.1. The molecule has 0 aliphatic rings. The van der Waals surface area contributed by atoms with Crippen LogP contribution in [0.2, 0.25) is 0 Å². The summed E-state index contributed by atoms with van der Waals surface area (Å²) in [5.41, 5.74) is 0. The van der Waals surface area contributed by atoms with Crippen molar-refractivity contribution in [1.29, 1.82) is 0 Å². The zero-order valence-corrected chi connectivity index (χ0v) is 21.0. The van der Waals surface area contributed by atoms with Crippen LogP contribution in [0.1, 0.15) is 0 Å². The molecule has 5 heteroatoms. The second-order valence-corrected chi connectivity index (χ2v) is 15.1. The molecule has 4 aromatic rings. The van der Waals surface area contributed by atoms with Crippen LogP contribution in [0.15, 0.2) is 121 Å². The molecule has 160 valence electrons. The predicted octanol–water partition coefficient (Wildman–Crippen LogP) is 6.31. The van der Waals surface area contributed by atoms with Crippen LogP contribution in [-0.2, 0) is 11.2 Å². The molecule has 0 fully saturated rings. The van der Waals surface area contributed by atoms with E-state index >= 15 is 0 Å². The molecule has 0 N–H and O–H groups in total. The molecule has 0 heterocycles. The van der Waals surface area contributed by atoms with Crippen molar-refractivity contribution in [1.82, 2.24) is 0 Å². The van der Waals surface area contributed by atoms with Crippen LogP contribution >= 0.6 is 36.2 Å². The first-order chi connectivity index (χ1) is 15.2. The van der Waals surface area contributed by atoms with E-state index in [1.54, 1.807) is 0 Å². The van der Waals surface area contributed by atoms with Crippen molar-refractivity contribution < 1.29 is 11.2 Å². The minimum atomic E-state index is -1.00. The van der Waals surface area contributed by atoms with Gasteiger partial charge in [0.05, 0.1) is 0 Å². The van der Waals surface area contributed by atoms with Gasteiger partial charge in [-0.25, -0.2) is 0 Å². The van der Waals surface area contributed by atoms with Gasteiger partial charge in [-0.2, -0.15) is 0 Å². The number of hydrogen-bond donors (Lipinski definition) is 0. The maximum atomic E-state index is 6.75. The average Bonchev–Trinajstić information content (AvgIpc) is 2.84. The van der Waals surface area contributed by atoms with Crippen molar-refractivity contribution in [2.45, 2.75) is 0 Å². The summed E-state index contributed by atoms with van der Waals surface area (Å²) in [6.07, 6.45) is 0.876. The summed E-state index contributed by atoms with van der Waals surface area (Å²) in [6.45, 7) is 0. The topological polar surface area (TPSA) is 0 Å². The van der Waals surface area contributed by atoms with Crippen LogP contribution in [0.5, 0.6) is 0 Å². The first-order valence-electron chi connectivity index (χ1n) is 9.83. The van der Waals surface area contributed by atoms with Crippen LogP contribution in [0.4, 0.5) is 0 Å². The molecule has 0 saturated carbocycles. The zero-order chi connectivity index (χ0) is 21.5. The van der Waals surface area contributed by atoms with Crippen molar-refractivity contribution >= 4 is 61.7 Å². The minimum absolute atomic E-state index is 0.615. The molecule has 0 atom stereocenters. The van der Waals surface area contributed by atoms with E-state index in [4.69, 9.17) is 20.4 Å². The van der Waals surface area contributed by atoms with Gasteiger partial charge in [-0.05, 0) is 0 Å². The van der Waals surface area contributed by atoms with E-state index in [1.807, 2.05) is 0 Å². The zero-order valence-electron chi connectivity index (χ0n) is 16.7. The summed E-state index contributed by atoms with van der Waals surface area (Å²) >= 11 is -1.00. The van der Waals surface area contributed by atoms with Gasteiger partial charge in [-0.15, -0.1) is 0 Å². The molecule has 0 radical (unpaired) electrons. The Morgan fingerprint density at radius 3 is 1.16 bits per heavy atom. The summed E-state index contributed by atoms with van der Waals surface area (Å²) in [5, 5.41) is 5.27. The van der Waals surface area contributed by atoms with Gasteiger partial charge < -0.3 is 0 Å². The fourth-order valence-electron chi connectivity index (χ4n) is 3.40. The molecule has 4 rings (SSSR count). The van der Waals surface area contributed by atoms with Gasteiger partial charge >= 0.3 is 200 Å². The number of hydrogen-bond acceptors (Lipinski definition) is 0. The quantitative estimate of drug-likeness (QED) is 0.196. The van der Waals surface area contributed by atoms with E-state index < -0.39 is 27.0 Å². The summed E-state index contributed by atoms with van der Waals surface area (Å²) in [5.74, 6) is 0. The van der Waals surface area contributed by atoms with Crippen LogP contribution in [0.3, 0.4) is 0 Å². The van der Waals surface area contributed by atoms with Gasteiger partial charge in [0.25, 0.3) is 0 Å². The molecule has 0 aromatic heterocycles. The van der Waals surface area contributed by atoms with Gasteiger partial charge in [0.1, 0.15) is 0 Å². The maximum absolute atomic E-state index is 6.75. The predicted molar refractivity (Wildman–Crippen MR) is 140 cm³/mol. The third kappa shape index (κ3) is 5.93. The van der Waals surface area contributed by atoms with Gasteiger partial charge in [0.2, 0.25) is 0 Å². The third-order valence-corrected chi connectivity index (χ3v) is 13.7. The first kappa shape index (κ1) is 22.9. The van der Waals surface area contributed by atoms with Crippen LogP contribution in [-0.4, -0.2) is 10.4 Å². The van der Waals surface area contributed by atoms with Crippen molar-refractivity contribution in [2.24, 2.45) is 0 Å². The number of rotatable bonds is 7. The van der Waals surface area contributed by atoms with E-state index in [1.165, 1.54) is 25.5 Å². The molecule has 4 aromatic carbocycles. The van der Waals surface area contributed by atoms with Gasteiger partial charge in [-0.3, -0.25) is 0 Å². The number of halogens is 2. The average molecular weight is 526 g/mol. The van der Waals surface area contributed by atoms with Gasteiger partial charge in [-0.1, -0.05) is 0 Å². The molecule has 0 saturated heterocycles. The van der Waals surface area contributed by atoms with E-state index in [0.29, 0.717) is 0 Å². The fourth-order valence-corrected chi connectivity index (χ4v) is 12.7.